The van der Waals surface area contributed by atoms with Crippen molar-refractivity contribution in [3.8, 4) is 0 Å². The van der Waals surface area contributed by atoms with E-state index in [4.69, 9.17) is 0 Å². The Balaban J connectivity index is 0.00000364. The summed E-state index contributed by atoms with van der Waals surface area (Å²) in [5.74, 6) is 1.10. The van der Waals surface area contributed by atoms with Gasteiger partial charge in [0, 0.05) is 51.7 Å². The number of guanidine groups is 1. The number of hydrogen-bond acceptors (Lipinski definition) is 3. The molecule has 7 heteroatoms. The van der Waals surface area contributed by atoms with Gasteiger partial charge in [0.1, 0.15) is 0 Å². The summed E-state index contributed by atoms with van der Waals surface area (Å²) in [5.41, 5.74) is 1.32. The molecule has 1 unspecified atom stereocenters. The quantitative estimate of drug-likeness (QED) is 0.352. The maximum atomic E-state index is 12.1. The van der Waals surface area contributed by atoms with Crippen molar-refractivity contribution >= 4 is 35.8 Å². The SMILES string of the molecule is CN=C(NCCN(C)Cc1ccccc1)NC1CCN(C(=O)C(C)C)C1.I. The van der Waals surface area contributed by atoms with Crippen LogP contribution >= 0.6 is 24.0 Å². The number of carbonyl (C=O) groups is 1. The third-order valence-corrected chi connectivity index (χ3v) is 4.64. The average molecular weight is 487 g/mol. The second kappa shape index (κ2) is 12.2. The highest BCUT2D eigenvalue weighted by molar-refractivity contribution is 14.0. The van der Waals surface area contributed by atoms with Crippen LogP contribution in [0, 0.1) is 5.92 Å². The maximum Gasteiger partial charge on any atom is 0.225 e. The van der Waals surface area contributed by atoms with Gasteiger partial charge in [0.15, 0.2) is 5.96 Å². The van der Waals surface area contributed by atoms with Gasteiger partial charge in [-0.1, -0.05) is 44.2 Å². The van der Waals surface area contributed by atoms with Gasteiger partial charge in [-0.2, -0.15) is 0 Å². The first-order valence-electron chi connectivity index (χ1n) is 9.48. The van der Waals surface area contributed by atoms with Gasteiger partial charge in [0.25, 0.3) is 0 Å². The van der Waals surface area contributed by atoms with Crippen LogP contribution in [-0.2, 0) is 11.3 Å². The standard InChI is InChI=1S/C20H33N5O.HI/c1-16(2)19(26)25-12-10-18(15-25)23-20(21-3)22-11-13-24(4)14-17-8-6-5-7-9-17;/h5-9,16,18H,10-15H2,1-4H3,(H2,21,22,23);1H. The Labute approximate surface area is 180 Å². The third-order valence-electron chi connectivity index (χ3n) is 4.64. The molecule has 1 heterocycles. The molecular formula is C20H34IN5O. The first-order valence-corrected chi connectivity index (χ1v) is 9.48. The van der Waals surface area contributed by atoms with Crippen LogP contribution in [0.2, 0.25) is 0 Å². The Morgan fingerprint density at radius 2 is 2.04 bits per heavy atom. The Kier molecular flexibility index (Phi) is 10.7. The molecule has 0 aromatic heterocycles. The number of likely N-dealkylation sites (tertiary alicyclic amines) is 1. The first-order chi connectivity index (χ1) is 12.5. The molecule has 1 amide bonds. The molecule has 2 N–H and O–H groups in total. The lowest BCUT2D eigenvalue weighted by molar-refractivity contribution is -0.133. The lowest BCUT2D eigenvalue weighted by Gasteiger charge is -2.21. The number of amides is 1. The Morgan fingerprint density at radius 1 is 1.33 bits per heavy atom. The number of halogens is 1. The number of nitrogens with one attached hydrogen (secondary N) is 2. The van der Waals surface area contributed by atoms with Crippen LogP contribution in [0.3, 0.4) is 0 Å². The zero-order valence-corrected chi connectivity index (χ0v) is 19.3. The second-order valence-corrected chi connectivity index (χ2v) is 7.29. The smallest absolute Gasteiger partial charge is 0.225 e. The van der Waals surface area contributed by atoms with Crippen LogP contribution in [0.25, 0.3) is 0 Å². The number of nitrogens with zero attached hydrogens (tertiary/aromatic N) is 3. The Morgan fingerprint density at radius 3 is 2.67 bits per heavy atom. The van der Waals surface area contributed by atoms with Gasteiger partial charge >= 0.3 is 0 Å². The van der Waals surface area contributed by atoms with Gasteiger partial charge in [0.2, 0.25) is 5.91 Å². The topological polar surface area (TPSA) is 60.0 Å². The molecule has 0 saturated carbocycles. The minimum atomic E-state index is 0. The van der Waals surface area contributed by atoms with Crippen LogP contribution in [-0.4, -0.2) is 68.0 Å². The summed E-state index contributed by atoms with van der Waals surface area (Å²) >= 11 is 0. The summed E-state index contributed by atoms with van der Waals surface area (Å²) in [5, 5.41) is 6.81. The third kappa shape index (κ3) is 8.04. The molecule has 1 aromatic rings. The molecule has 1 saturated heterocycles. The zero-order valence-electron chi connectivity index (χ0n) is 16.9. The van der Waals surface area contributed by atoms with Crippen molar-refractivity contribution in [3.05, 3.63) is 35.9 Å². The van der Waals surface area contributed by atoms with Crippen molar-refractivity contribution in [2.75, 3.05) is 40.3 Å². The van der Waals surface area contributed by atoms with E-state index in [1.54, 1.807) is 7.05 Å². The molecule has 0 spiro atoms. The van der Waals surface area contributed by atoms with Crippen molar-refractivity contribution in [1.29, 1.82) is 0 Å². The molecule has 0 radical (unpaired) electrons. The highest BCUT2D eigenvalue weighted by Gasteiger charge is 2.27. The minimum Gasteiger partial charge on any atom is -0.355 e. The maximum absolute atomic E-state index is 12.1. The fraction of sp³-hybridized carbons (Fsp3) is 0.600. The van der Waals surface area contributed by atoms with Crippen LogP contribution in [0.5, 0.6) is 0 Å². The van der Waals surface area contributed by atoms with Gasteiger partial charge in [-0.15, -0.1) is 24.0 Å². The van der Waals surface area contributed by atoms with E-state index in [2.05, 4.69) is 51.8 Å². The monoisotopic (exact) mass is 487 g/mol. The lowest BCUT2D eigenvalue weighted by Crippen LogP contribution is -2.46. The molecule has 0 aliphatic carbocycles. The van der Waals surface area contributed by atoms with Gasteiger partial charge in [0.05, 0.1) is 0 Å². The fourth-order valence-corrected chi connectivity index (χ4v) is 3.17. The summed E-state index contributed by atoms with van der Waals surface area (Å²) < 4.78 is 0. The van der Waals surface area contributed by atoms with Gasteiger partial charge in [-0.05, 0) is 19.0 Å². The van der Waals surface area contributed by atoms with Gasteiger partial charge in [-0.25, -0.2) is 0 Å². The molecule has 152 valence electrons. The van der Waals surface area contributed by atoms with E-state index in [9.17, 15) is 4.79 Å². The number of rotatable bonds is 7. The molecular weight excluding hydrogens is 453 g/mol. The minimum absolute atomic E-state index is 0. The number of benzene rings is 1. The summed E-state index contributed by atoms with van der Waals surface area (Å²) in [6.45, 7) is 8.17. The van der Waals surface area contributed by atoms with Crippen LogP contribution < -0.4 is 10.6 Å². The van der Waals surface area contributed by atoms with Crippen molar-refractivity contribution < 1.29 is 4.79 Å². The number of aliphatic imine (C=N–C) groups is 1. The average Bonchev–Trinajstić information content (AvgIpc) is 3.09. The molecule has 1 aliphatic heterocycles. The highest BCUT2D eigenvalue weighted by Crippen LogP contribution is 2.12. The lowest BCUT2D eigenvalue weighted by atomic mass is 10.2. The van der Waals surface area contributed by atoms with E-state index in [0.717, 1.165) is 45.1 Å². The Bertz CT molecular complexity index is 593. The largest absolute Gasteiger partial charge is 0.355 e. The number of hydrogen-bond donors (Lipinski definition) is 2. The van der Waals surface area contributed by atoms with Crippen molar-refractivity contribution in [3.63, 3.8) is 0 Å². The molecule has 6 nitrogen and oxygen atoms in total. The van der Waals surface area contributed by atoms with Crippen molar-refractivity contribution in [2.45, 2.75) is 32.9 Å². The first kappa shape index (κ1) is 23.7. The molecule has 1 aromatic carbocycles. The molecule has 2 rings (SSSR count). The van der Waals surface area contributed by atoms with E-state index >= 15 is 0 Å². The predicted molar refractivity (Wildman–Crippen MR) is 123 cm³/mol. The summed E-state index contributed by atoms with van der Waals surface area (Å²) in [6.07, 6.45) is 0.965. The van der Waals surface area contributed by atoms with E-state index in [1.807, 2.05) is 24.8 Å². The number of carbonyl (C=O) groups excluding carboxylic acids is 1. The molecule has 0 bridgehead atoms. The van der Waals surface area contributed by atoms with Crippen LogP contribution in [0.15, 0.2) is 35.3 Å². The van der Waals surface area contributed by atoms with E-state index in [0.29, 0.717) is 0 Å². The van der Waals surface area contributed by atoms with Gasteiger partial charge < -0.3 is 20.4 Å². The summed E-state index contributed by atoms with van der Waals surface area (Å²) in [6, 6.07) is 10.7. The Hall–Kier alpha value is -1.35. The number of likely N-dealkylation sites (N-methyl/N-ethyl adjacent to an activating group) is 1. The normalized spacial score (nSPS) is 17.2. The second-order valence-electron chi connectivity index (χ2n) is 7.29. The molecule has 1 fully saturated rings. The summed E-state index contributed by atoms with van der Waals surface area (Å²) in [7, 11) is 3.91. The van der Waals surface area contributed by atoms with E-state index < -0.39 is 0 Å². The van der Waals surface area contributed by atoms with Gasteiger partial charge in [-0.3, -0.25) is 9.79 Å². The van der Waals surface area contributed by atoms with E-state index in [1.165, 1.54) is 5.56 Å². The molecule has 1 aliphatic rings. The van der Waals surface area contributed by atoms with Crippen molar-refractivity contribution in [1.82, 2.24) is 20.4 Å². The summed E-state index contributed by atoms with van der Waals surface area (Å²) in [4.78, 5) is 20.6. The fourth-order valence-electron chi connectivity index (χ4n) is 3.17. The van der Waals surface area contributed by atoms with Crippen LogP contribution in [0.1, 0.15) is 25.8 Å². The molecule has 1 atom stereocenters. The predicted octanol–water partition coefficient (Wildman–Crippen LogP) is 2.16. The highest BCUT2D eigenvalue weighted by atomic mass is 127. The van der Waals surface area contributed by atoms with Crippen molar-refractivity contribution in [2.24, 2.45) is 10.9 Å². The van der Waals surface area contributed by atoms with Crippen LogP contribution in [0.4, 0.5) is 0 Å². The zero-order chi connectivity index (χ0) is 18.9. The molecule has 27 heavy (non-hydrogen) atoms. The van der Waals surface area contributed by atoms with E-state index in [-0.39, 0.29) is 41.8 Å².